The molecule has 1 saturated carbocycles. The van der Waals surface area contributed by atoms with E-state index in [0.29, 0.717) is 6.54 Å². The van der Waals surface area contributed by atoms with Gasteiger partial charge < -0.3 is 10.5 Å². The molecule has 2 N–H and O–H groups in total. The van der Waals surface area contributed by atoms with E-state index in [1.54, 1.807) is 0 Å². The molecule has 1 aliphatic carbocycles. The van der Waals surface area contributed by atoms with Gasteiger partial charge in [0, 0.05) is 13.2 Å². The summed E-state index contributed by atoms with van der Waals surface area (Å²) < 4.78 is 5.39. The predicted octanol–water partition coefficient (Wildman–Crippen LogP) is 4.91. The van der Waals surface area contributed by atoms with Crippen LogP contribution in [0.3, 0.4) is 0 Å². The molecule has 0 amide bonds. The van der Waals surface area contributed by atoms with Crippen LogP contribution < -0.4 is 5.73 Å². The number of nitrogens with two attached hydrogens (primary N) is 1. The van der Waals surface area contributed by atoms with Gasteiger partial charge in [-0.1, -0.05) is 71.1 Å². The normalized spacial score (nSPS) is 21.3. The predicted molar refractivity (Wildman–Crippen MR) is 87.9 cm³/mol. The van der Waals surface area contributed by atoms with Crippen LogP contribution >= 0.6 is 0 Å². The fourth-order valence-electron chi connectivity index (χ4n) is 3.18. The zero-order valence-corrected chi connectivity index (χ0v) is 13.7. The molecule has 2 nitrogen and oxygen atoms in total. The molecule has 0 aromatic carbocycles. The minimum atomic E-state index is 0.654. The molecule has 2 atom stereocenters. The number of rotatable bonds is 15. The third kappa shape index (κ3) is 9.77. The molecule has 1 rings (SSSR count). The van der Waals surface area contributed by atoms with E-state index in [4.69, 9.17) is 10.5 Å². The SMILES string of the molecule is CCCCCCCC1CC1CCCCCCOCCN. The molecule has 0 aromatic heterocycles. The van der Waals surface area contributed by atoms with Crippen LogP contribution in [0.2, 0.25) is 0 Å². The van der Waals surface area contributed by atoms with E-state index in [2.05, 4.69) is 6.92 Å². The number of ether oxygens (including phenoxy) is 1. The van der Waals surface area contributed by atoms with Gasteiger partial charge in [-0.3, -0.25) is 0 Å². The zero-order valence-electron chi connectivity index (χ0n) is 13.7. The first kappa shape index (κ1) is 18.0. The van der Waals surface area contributed by atoms with Crippen LogP contribution in [0.15, 0.2) is 0 Å². The van der Waals surface area contributed by atoms with Gasteiger partial charge >= 0.3 is 0 Å². The standard InChI is InChI=1S/C18H37NO/c1-2-3-4-5-8-11-17-16-18(17)12-9-6-7-10-14-20-15-13-19/h17-18H,2-16,19H2,1H3. The Hall–Kier alpha value is -0.0800. The molecule has 20 heavy (non-hydrogen) atoms. The molecular formula is C18H37NO. The van der Waals surface area contributed by atoms with Crippen LogP contribution in [0.1, 0.15) is 84.0 Å². The van der Waals surface area contributed by atoms with Crippen LogP contribution in [-0.4, -0.2) is 19.8 Å². The number of hydrogen-bond donors (Lipinski definition) is 1. The second-order valence-electron chi connectivity index (χ2n) is 6.56. The van der Waals surface area contributed by atoms with Crippen LogP contribution in [-0.2, 0) is 4.74 Å². The van der Waals surface area contributed by atoms with Crippen LogP contribution in [0.5, 0.6) is 0 Å². The lowest BCUT2D eigenvalue weighted by Crippen LogP contribution is -2.08. The Morgan fingerprint density at radius 3 is 2.00 bits per heavy atom. The topological polar surface area (TPSA) is 35.2 Å². The van der Waals surface area contributed by atoms with E-state index in [-0.39, 0.29) is 0 Å². The summed E-state index contributed by atoms with van der Waals surface area (Å²) in [5.74, 6) is 2.19. The Kier molecular flexibility index (Phi) is 11.4. The van der Waals surface area contributed by atoms with Crippen molar-refractivity contribution in [3.63, 3.8) is 0 Å². The van der Waals surface area contributed by atoms with E-state index < -0.39 is 0 Å². The highest BCUT2D eigenvalue weighted by Gasteiger charge is 2.34. The molecule has 0 aromatic rings. The van der Waals surface area contributed by atoms with E-state index in [0.717, 1.165) is 25.0 Å². The fraction of sp³-hybridized carbons (Fsp3) is 1.00. The van der Waals surface area contributed by atoms with Crippen molar-refractivity contribution in [3.05, 3.63) is 0 Å². The minimum Gasteiger partial charge on any atom is -0.380 e. The second kappa shape index (κ2) is 12.6. The fourth-order valence-corrected chi connectivity index (χ4v) is 3.18. The average Bonchev–Trinajstić information content (AvgIpc) is 3.20. The zero-order chi connectivity index (χ0) is 14.5. The molecule has 0 saturated heterocycles. The summed E-state index contributed by atoms with van der Waals surface area (Å²) in [5, 5.41) is 0. The van der Waals surface area contributed by atoms with Crippen molar-refractivity contribution in [1.29, 1.82) is 0 Å². The quantitative estimate of drug-likeness (QED) is 0.433. The van der Waals surface area contributed by atoms with E-state index in [1.807, 2.05) is 0 Å². The van der Waals surface area contributed by atoms with Crippen LogP contribution in [0.4, 0.5) is 0 Å². The Morgan fingerprint density at radius 2 is 1.40 bits per heavy atom. The lowest BCUT2D eigenvalue weighted by molar-refractivity contribution is 0.137. The Labute approximate surface area is 126 Å². The molecule has 1 aliphatic rings. The summed E-state index contributed by atoms with van der Waals surface area (Å²) >= 11 is 0. The molecule has 0 spiro atoms. The highest BCUT2D eigenvalue weighted by Crippen LogP contribution is 2.45. The largest absolute Gasteiger partial charge is 0.380 e. The minimum absolute atomic E-state index is 0.654. The van der Waals surface area contributed by atoms with E-state index in [1.165, 1.54) is 77.0 Å². The van der Waals surface area contributed by atoms with Crippen molar-refractivity contribution in [2.45, 2.75) is 84.0 Å². The maximum atomic E-state index is 5.39. The van der Waals surface area contributed by atoms with Crippen molar-refractivity contribution < 1.29 is 4.74 Å². The van der Waals surface area contributed by atoms with Crippen molar-refractivity contribution in [3.8, 4) is 0 Å². The van der Waals surface area contributed by atoms with E-state index >= 15 is 0 Å². The molecule has 2 unspecified atom stereocenters. The first-order valence-corrected chi connectivity index (χ1v) is 9.16. The molecule has 1 fully saturated rings. The van der Waals surface area contributed by atoms with Gasteiger partial charge in [-0.25, -0.2) is 0 Å². The van der Waals surface area contributed by atoms with Crippen molar-refractivity contribution >= 4 is 0 Å². The molecule has 2 heteroatoms. The van der Waals surface area contributed by atoms with Crippen molar-refractivity contribution in [2.75, 3.05) is 19.8 Å². The van der Waals surface area contributed by atoms with Gasteiger partial charge in [0.15, 0.2) is 0 Å². The third-order valence-electron chi connectivity index (χ3n) is 4.62. The molecule has 0 aliphatic heterocycles. The van der Waals surface area contributed by atoms with Gasteiger partial charge in [-0.2, -0.15) is 0 Å². The molecular weight excluding hydrogens is 246 g/mol. The van der Waals surface area contributed by atoms with Gasteiger partial charge in [0.2, 0.25) is 0 Å². The number of hydrogen-bond acceptors (Lipinski definition) is 2. The summed E-state index contributed by atoms with van der Waals surface area (Å²) in [4.78, 5) is 0. The van der Waals surface area contributed by atoms with Crippen LogP contribution in [0, 0.1) is 11.8 Å². The Bertz CT molecular complexity index is 208. The molecule has 0 bridgehead atoms. The summed E-state index contributed by atoms with van der Waals surface area (Å²) in [6, 6.07) is 0. The monoisotopic (exact) mass is 283 g/mol. The summed E-state index contributed by atoms with van der Waals surface area (Å²) in [6.07, 6.45) is 17.1. The smallest absolute Gasteiger partial charge is 0.0588 e. The van der Waals surface area contributed by atoms with E-state index in [9.17, 15) is 0 Å². The van der Waals surface area contributed by atoms with Gasteiger partial charge in [0.1, 0.15) is 0 Å². The molecule has 120 valence electrons. The maximum absolute atomic E-state index is 5.39. The van der Waals surface area contributed by atoms with Gasteiger partial charge in [-0.05, 0) is 24.7 Å². The van der Waals surface area contributed by atoms with Gasteiger partial charge in [0.05, 0.1) is 6.61 Å². The Balaban J connectivity index is 1.74. The van der Waals surface area contributed by atoms with Gasteiger partial charge in [-0.15, -0.1) is 0 Å². The third-order valence-corrected chi connectivity index (χ3v) is 4.62. The average molecular weight is 283 g/mol. The lowest BCUT2D eigenvalue weighted by Gasteiger charge is -2.03. The van der Waals surface area contributed by atoms with Crippen molar-refractivity contribution in [2.24, 2.45) is 17.6 Å². The lowest BCUT2D eigenvalue weighted by atomic mass is 10.0. The first-order valence-electron chi connectivity index (χ1n) is 9.16. The highest BCUT2D eigenvalue weighted by atomic mass is 16.5. The molecule has 0 heterocycles. The second-order valence-corrected chi connectivity index (χ2v) is 6.56. The molecule has 0 radical (unpaired) electrons. The Morgan fingerprint density at radius 1 is 0.800 bits per heavy atom. The summed E-state index contributed by atoms with van der Waals surface area (Å²) in [5.41, 5.74) is 5.38. The summed E-state index contributed by atoms with van der Waals surface area (Å²) in [6.45, 7) is 4.58. The first-order chi connectivity index (χ1) is 9.88. The maximum Gasteiger partial charge on any atom is 0.0588 e. The van der Waals surface area contributed by atoms with Crippen LogP contribution in [0.25, 0.3) is 0 Å². The number of unbranched alkanes of at least 4 members (excludes halogenated alkanes) is 7. The van der Waals surface area contributed by atoms with Crippen molar-refractivity contribution in [1.82, 2.24) is 0 Å². The summed E-state index contributed by atoms with van der Waals surface area (Å²) in [7, 11) is 0. The van der Waals surface area contributed by atoms with Gasteiger partial charge in [0.25, 0.3) is 0 Å². The highest BCUT2D eigenvalue weighted by molar-refractivity contribution is 4.85.